The van der Waals surface area contributed by atoms with Crippen LogP contribution in [0.5, 0.6) is 0 Å². The van der Waals surface area contributed by atoms with Gasteiger partial charge in [0.15, 0.2) is 0 Å². The van der Waals surface area contributed by atoms with Crippen molar-refractivity contribution in [1.29, 1.82) is 0 Å². The number of rotatable bonds is 6. The maximum atomic E-state index is 2.43. The normalized spacial score (nSPS) is 17.1. The van der Waals surface area contributed by atoms with Gasteiger partial charge in [-0.3, -0.25) is 0 Å². The molecule has 0 saturated carbocycles. The molecule has 14 heavy (non-hydrogen) atoms. The zero-order valence-electron chi connectivity index (χ0n) is 11.1. The summed E-state index contributed by atoms with van der Waals surface area (Å²) in [4.78, 5) is 0. The fourth-order valence-electron chi connectivity index (χ4n) is 1.96. The summed E-state index contributed by atoms with van der Waals surface area (Å²) in [6.45, 7) is 16.4. The number of hydrogen-bond donors (Lipinski definition) is 0. The van der Waals surface area contributed by atoms with E-state index in [9.17, 15) is 0 Å². The summed E-state index contributed by atoms with van der Waals surface area (Å²) >= 11 is 2.14. The standard InChI is InChI=1S/C13H28S/c1-8-12(5,6)10-13(7,9-2)14-11(3)4/h11H,8-10H2,1-7H3. The Labute approximate surface area is 95.2 Å². The molecule has 0 fully saturated rings. The SMILES string of the molecule is CCC(C)(C)CC(C)(CC)SC(C)C. The summed E-state index contributed by atoms with van der Waals surface area (Å²) < 4.78 is 0.466. The Hall–Kier alpha value is 0.350. The molecule has 0 aliphatic rings. The van der Waals surface area contributed by atoms with Gasteiger partial charge in [-0.05, 0) is 23.5 Å². The lowest BCUT2D eigenvalue weighted by Crippen LogP contribution is -2.29. The third kappa shape index (κ3) is 5.29. The topological polar surface area (TPSA) is 0 Å². The van der Waals surface area contributed by atoms with E-state index in [1.165, 1.54) is 19.3 Å². The molecule has 0 rings (SSSR count). The van der Waals surface area contributed by atoms with Crippen molar-refractivity contribution in [3.8, 4) is 0 Å². The summed E-state index contributed by atoms with van der Waals surface area (Å²) in [5, 5.41) is 0.743. The molecule has 0 amide bonds. The molecule has 1 heteroatoms. The van der Waals surface area contributed by atoms with Gasteiger partial charge in [-0.2, -0.15) is 11.8 Å². The van der Waals surface area contributed by atoms with Crippen molar-refractivity contribution in [3.05, 3.63) is 0 Å². The lowest BCUT2D eigenvalue weighted by Gasteiger charge is -2.37. The van der Waals surface area contributed by atoms with Crippen LogP contribution in [-0.2, 0) is 0 Å². The van der Waals surface area contributed by atoms with Crippen LogP contribution < -0.4 is 0 Å². The Bertz CT molecular complexity index is 161. The summed E-state index contributed by atoms with van der Waals surface area (Å²) in [5.74, 6) is 0. The zero-order chi connectivity index (χ0) is 11.4. The van der Waals surface area contributed by atoms with Crippen LogP contribution in [0.15, 0.2) is 0 Å². The summed E-state index contributed by atoms with van der Waals surface area (Å²) in [6.07, 6.45) is 3.89. The third-order valence-electron chi connectivity index (χ3n) is 3.08. The van der Waals surface area contributed by atoms with Crippen LogP contribution in [-0.4, -0.2) is 10.00 Å². The lowest BCUT2D eigenvalue weighted by molar-refractivity contribution is 0.281. The molecule has 0 aliphatic carbocycles. The first kappa shape index (κ1) is 14.3. The Kier molecular flexibility index (Phi) is 5.57. The fraction of sp³-hybridized carbons (Fsp3) is 1.00. The van der Waals surface area contributed by atoms with E-state index in [1.807, 2.05) is 0 Å². The van der Waals surface area contributed by atoms with Crippen LogP contribution in [0.1, 0.15) is 67.7 Å². The van der Waals surface area contributed by atoms with E-state index in [2.05, 4.69) is 60.2 Å². The van der Waals surface area contributed by atoms with Crippen LogP contribution in [0.25, 0.3) is 0 Å². The average molecular weight is 216 g/mol. The van der Waals surface area contributed by atoms with Crippen molar-refractivity contribution in [2.45, 2.75) is 77.7 Å². The average Bonchev–Trinajstić information content (AvgIpc) is 2.02. The maximum absolute atomic E-state index is 2.43. The van der Waals surface area contributed by atoms with Crippen molar-refractivity contribution in [3.63, 3.8) is 0 Å². The highest BCUT2D eigenvalue weighted by Gasteiger charge is 2.31. The summed E-state index contributed by atoms with van der Waals surface area (Å²) in [5.41, 5.74) is 0.493. The van der Waals surface area contributed by atoms with Gasteiger partial charge in [-0.25, -0.2) is 0 Å². The second-order valence-electron chi connectivity index (χ2n) is 5.66. The minimum absolute atomic E-state index is 0.466. The molecule has 1 unspecified atom stereocenters. The summed E-state index contributed by atoms with van der Waals surface area (Å²) in [6, 6.07) is 0. The van der Waals surface area contributed by atoms with E-state index in [-0.39, 0.29) is 0 Å². The van der Waals surface area contributed by atoms with Gasteiger partial charge in [0.1, 0.15) is 0 Å². The second-order valence-corrected chi connectivity index (χ2v) is 7.83. The minimum Gasteiger partial charge on any atom is -0.153 e. The molecular weight excluding hydrogens is 188 g/mol. The summed E-state index contributed by atoms with van der Waals surface area (Å²) in [7, 11) is 0. The molecule has 0 aromatic rings. The van der Waals surface area contributed by atoms with Gasteiger partial charge < -0.3 is 0 Å². The number of hydrogen-bond acceptors (Lipinski definition) is 1. The molecule has 0 aromatic carbocycles. The van der Waals surface area contributed by atoms with E-state index >= 15 is 0 Å². The largest absolute Gasteiger partial charge is 0.153 e. The molecule has 0 N–H and O–H groups in total. The quantitative estimate of drug-likeness (QED) is 0.593. The van der Waals surface area contributed by atoms with E-state index in [1.54, 1.807) is 0 Å². The van der Waals surface area contributed by atoms with Crippen molar-refractivity contribution in [1.82, 2.24) is 0 Å². The Morgan fingerprint density at radius 2 is 1.50 bits per heavy atom. The Morgan fingerprint density at radius 1 is 1.00 bits per heavy atom. The first-order valence-electron chi connectivity index (χ1n) is 5.92. The smallest absolute Gasteiger partial charge is 0.0136 e. The molecular formula is C13H28S. The first-order valence-corrected chi connectivity index (χ1v) is 6.80. The first-order chi connectivity index (χ1) is 6.24. The van der Waals surface area contributed by atoms with Crippen molar-refractivity contribution in [2.24, 2.45) is 5.41 Å². The third-order valence-corrected chi connectivity index (χ3v) is 4.55. The van der Waals surface area contributed by atoms with E-state index in [0.29, 0.717) is 10.2 Å². The van der Waals surface area contributed by atoms with Gasteiger partial charge in [-0.15, -0.1) is 0 Å². The van der Waals surface area contributed by atoms with Crippen LogP contribution in [0, 0.1) is 5.41 Å². The highest BCUT2D eigenvalue weighted by molar-refractivity contribution is 8.01. The predicted molar refractivity (Wildman–Crippen MR) is 70.1 cm³/mol. The monoisotopic (exact) mass is 216 g/mol. The minimum atomic E-state index is 0.466. The van der Waals surface area contributed by atoms with E-state index in [4.69, 9.17) is 0 Å². The van der Waals surface area contributed by atoms with E-state index < -0.39 is 0 Å². The van der Waals surface area contributed by atoms with Gasteiger partial charge >= 0.3 is 0 Å². The maximum Gasteiger partial charge on any atom is 0.0136 e. The lowest BCUT2D eigenvalue weighted by atomic mass is 9.80. The Morgan fingerprint density at radius 3 is 1.79 bits per heavy atom. The van der Waals surface area contributed by atoms with Gasteiger partial charge in [0.25, 0.3) is 0 Å². The van der Waals surface area contributed by atoms with Crippen molar-refractivity contribution in [2.75, 3.05) is 0 Å². The van der Waals surface area contributed by atoms with Crippen molar-refractivity contribution >= 4 is 11.8 Å². The second kappa shape index (κ2) is 5.44. The molecule has 0 aromatic heterocycles. The molecule has 0 spiro atoms. The highest BCUT2D eigenvalue weighted by Crippen LogP contribution is 2.42. The van der Waals surface area contributed by atoms with Crippen LogP contribution >= 0.6 is 11.8 Å². The highest BCUT2D eigenvalue weighted by atomic mass is 32.2. The predicted octanol–water partition coefficient (Wildman–Crippen LogP) is 5.12. The van der Waals surface area contributed by atoms with Crippen LogP contribution in [0.4, 0.5) is 0 Å². The molecule has 0 bridgehead atoms. The fourth-order valence-corrected chi connectivity index (χ4v) is 3.74. The molecule has 0 radical (unpaired) electrons. The molecule has 1 atom stereocenters. The zero-order valence-corrected chi connectivity index (χ0v) is 11.9. The molecule has 86 valence electrons. The Balaban J connectivity index is 4.39. The van der Waals surface area contributed by atoms with Crippen LogP contribution in [0.3, 0.4) is 0 Å². The van der Waals surface area contributed by atoms with E-state index in [0.717, 1.165) is 5.25 Å². The molecule has 0 aliphatic heterocycles. The molecule has 0 heterocycles. The van der Waals surface area contributed by atoms with Gasteiger partial charge in [0.2, 0.25) is 0 Å². The number of thioether (sulfide) groups is 1. The van der Waals surface area contributed by atoms with Crippen molar-refractivity contribution < 1.29 is 0 Å². The van der Waals surface area contributed by atoms with Crippen LogP contribution in [0.2, 0.25) is 0 Å². The molecule has 0 saturated heterocycles. The van der Waals surface area contributed by atoms with Gasteiger partial charge in [-0.1, -0.05) is 54.9 Å². The van der Waals surface area contributed by atoms with Gasteiger partial charge in [0, 0.05) is 4.75 Å². The molecule has 0 nitrogen and oxygen atoms in total. The van der Waals surface area contributed by atoms with Gasteiger partial charge in [0.05, 0.1) is 0 Å².